The summed E-state index contributed by atoms with van der Waals surface area (Å²) in [4.78, 5) is 2.35. The van der Waals surface area contributed by atoms with Crippen LogP contribution in [0.15, 0.2) is 24.3 Å². The van der Waals surface area contributed by atoms with Crippen LogP contribution < -0.4 is 4.90 Å². The number of hydrogen-bond acceptors (Lipinski definition) is 2. The fraction of sp³-hybridized carbons (Fsp3) is 0.538. The molecule has 0 aromatic heterocycles. The van der Waals surface area contributed by atoms with Crippen molar-refractivity contribution in [3.05, 3.63) is 29.3 Å². The number of aliphatic hydroxyl groups is 1. The predicted molar refractivity (Wildman–Crippen MR) is 68.1 cm³/mol. The summed E-state index contributed by atoms with van der Waals surface area (Å²) in [5.74, 6) is 0.380. The highest BCUT2D eigenvalue weighted by Gasteiger charge is 2.37. The molecule has 1 atom stereocenters. The molecule has 1 aliphatic heterocycles. The molecule has 88 valence electrons. The van der Waals surface area contributed by atoms with E-state index in [0.29, 0.717) is 5.92 Å². The van der Waals surface area contributed by atoms with E-state index in [9.17, 15) is 5.11 Å². The summed E-state index contributed by atoms with van der Waals surface area (Å²) in [7, 11) is 0. The number of halogens is 1. The SMILES string of the molecule is CC1(C)CC(CO)CN1c1ccc(Cl)cc1. The Morgan fingerprint density at radius 1 is 1.38 bits per heavy atom. The van der Waals surface area contributed by atoms with Gasteiger partial charge in [0.2, 0.25) is 0 Å². The molecule has 16 heavy (non-hydrogen) atoms. The third kappa shape index (κ3) is 2.18. The number of rotatable bonds is 2. The molecular formula is C13H18ClNO. The van der Waals surface area contributed by atoms with Crippen LogP contribution in [0.2, 0.25) is 5.02 Å². The fourth-order valence-electron chi connectivity index (χ4n) is 2.58. The molecule has 0 radical (unpaired) electrons. The second kappa shape index (κ2) is 4.27. The molecule has 1 fully saturated rings. The Kier molecular flexibility index (Phi) is 3.13. The molecule has 1 aliphatic rings. The molecule has 0 aliphatic carbocycles. The van der Waals surface area contributed by atoms with E-state index in [0.717, 1.165) is 18.0 Å². The predicted octanol–water partition coefficient (Wildman–Crippen LogP) is 2.94. The monoisotopic (exact) mass is 239 g/mol. The average Bonchev–Trinajstić information content (AvgIpc) is 2.55. The van der Waals surface area contributed by atoms with Crippen LogP contribution in [0, 0.1) is 5.92 Å². The highest BCUT2D eigenvalue weighted by molar-refractivity contribution is 6.30. The van der Waals surface area contributed by atoms with E-state index in [1.165, 1.54) is 5.69 Å². The van der Waals surface area contributed by atoms with Gasteiger partial charge >= 0.3 is 0 Å². The Bertz CT molecular complexity index is 361. The van der Waals surface area contributed by atoms with Crippen LogP contribution in [0.4, 0.5) is 5.69 Å². The number of anilines is 1. The van der Waals surface area contributed by atoms with Crippen molar-refractivity contribution in [3.8, 4) is 0 Å². The van der Waals surface area contributed by atoms with Crippen molar-refractivity contribution in [2.75, 3.05) is 18.1 Å². The molecule has 1 aromatic rings. The van der Waals surface area contributed by atoms with Gasteiger partial charge in [0.05, 0.1) is 0 Å². The number of hydrogen-bond donors (Lipinski definition) is 1. The maximum atomic E-state index is 9.26. The summed E-state index contributed by atoms with van der Waals surface area (Å²) in [6.07, 6.45) is 1.03. The summed E-state index contributed by atoms with van der Waals surface area (Å²) in [5.41, 5.74) is 1.30. The standard InChI is InChI=1S/C13H18ClNO/c1-13(2)7-10(9-16)8-15(13)12-5-3-11(14)4-6-12/h3-6,10,16H,7-9H2,1-2H3. The van der Waals surface area contributed by atoms with Crippen LogP contribution >= 0.6 is 11.6 Å². The highest BCUT2D eigenvalue weighted by Crippen LogP contribution is 2.36. The molecule has 0 saturated carbocycles. The molecule has 0 spiro atoms. The van der Waals surface area contributed by atoms with Crippen molar-refractivity contribution in [2.45, 2.75) is 25.8 Å². The van der Waals surface area contributed by atoms with Gasteiger partial charge < -0.3 is 10.0 Å². The topological polar surface area (TPSA) is 23.5 Å². The van der Waals surface area contributed by atoms with Gasteiger partial charge in [0.25, 0.3) is 0 Å². The van der Waals surface area contributed by atoms with Gasteiger partial charge in [-0.1, -0.05) is 11.6 Å². The first kappa shape index (κ1) is 11.7. The molecule has 1 saturated heterocycles. The van der Waals surface area contributed by atoms with Gasteiger partial charge in [0.1, 0.15) is 0 Å². The maximum absolute atomic E-state index is 9.26. The third-order valence-electron chi connectivity index (χ3n) is 3.36. The van der Waals surface area contributed by atoms with Gasteiger partial charge in [-0.3, -0.25) is 0 Å². The van der Waals surface area contributed by atoms with Gasteiger partial charge in [-0.25, -0.2) is 0 Å². The molecule has 1 N–H and O–H groups in total. The summed E-state index contributed by atoms with van der Waals surface area (Å²) >= 11 is 5.89. The molecular weight excluding hydrogens is 222 g/mol. The van der Waals surface area contributed by atoms with Crippen molar-refractivity contribution >= 4 is 17.3 Å². The van der Waals surface area contributed by atoms with E-state index in [2.05, 4.69) is 18.7 Å². The average molecular weight is 240 g/mol. The lowest BCUT2D eigenvalue weighted by molar-refractivity contribution is 0.232. The minimum absolute atomic E-state index is 0.112. The molecule has 1 heterocycles. The lowest BCUT2D eigenvalue weighted by Gasteiger charge is -2.33. The fourth-order valence-corrected chi connectivity index (χ4v) is 2.71. The molecule has 0 amide bonds. The number of benzene rings is 1. The third-order valence-corrected chi connectivity index (χ3v) is 3.61. The summed E-state index contributed by atoms with van der Waals surface area (Å²) in [6.45, 7) is 5.63. The Morgan fingerprint density at radius 2 is 2.00 bits per heavy atom. The van der Waals surface area contributed by atoms with E-state index in [-0.39, 0.29) is 12.1 Å². The Hall–Kier alpha value is -0.730. The van der Waals surface area contributed by atoms with Gasteiger partial charge in [0.15, 0.2) is 0 Å². The largest absolute Gasteiger partial charge is 0.396 e. The first-order chi connectivity index (χ1) is 7.53. The van der Waals surface area contributed by atoms with Crippen LogP contribution in [0.5, 0.6) is 0 Å². The zero-order valence-electron chi connectivity index (χ0n) is 9.78. The van der Waals surface area contributed by atoms with Gasteiger partial charge in [-0.2, -0.15) is 0 Å². The Labute approximate surface area is 102 Å². The van der Waals surface area contributed by atoms with Crippen molar-refractivity contribution in [2.24, 2.45) is 5.92 Å². The Balaban J connectivity index is 2.23. The zero-order valence-corrected chi connectivity index (χ0v) is 10.5. The van der Waals surface area contributed by atoms with E-state index >= 15 is 0 Å². The second-order valence-corrected chi connectivity index (χ2v) is 5.59. The van der Waals surface area contributed by atoms with Gasteiger partial charge in [-0.15, -0.1) is 0 Å². The van der Waals surface area contributed by atoms with Crippen LogP contribution in [0.1, 0.15) is 20.3 Å². The molecule has 2 nitrogen and oxygen atoms in total. The highest BCUT2D eigenvalue weighted by atomic mass is 35.5. The molecule has 3 heteroatoms. The molecule has 1 unspecified atom stereocenters. The molecule has 0 bridgehead atoms. The summed E-state index contributed by atoms with van der Waals surface area (Å²) in [6, 6.07) is 7.92. The maximum Gasteiger partial charge on any atom is 0.0477 e. The van der Waals surface area contributed by atoms with Crippen molar-refractivity contribution < 1.29 is 5.11 Å². The van der Waals surface area contributed by atoms with Crippen molar-refractivity contribution in [1.29, 1.82) is 0 Å². The first-order valence-corrected chi connectivity index (χ1v) is 6.05. The van der Waals surface area contributed by atoms with Crippen LogP contribution in [0.25, 0.3) is 0 Å². The molecule has 2 rings (SSSR count). The summed E-state index contributed by atoms with van der Waals surface area (Å²) in [5, 5.41) is 10.0. The molecule has 1 aromatic carbocycles. The van der Waals surface area contributed by atoms with E-state index in [1.54, 1.807) is 0 Å². The lowest BCUT2D eigenvalue weighted by Crippen LogP contribution is -2.38. The van der Waals surface area contributed by atoms with Gasteiger partial charge in [-0.05, 0) is 44.5 Å². The first-order valence-electron chi connectivity index (χ1n) is 5.67. The zero-order chi connectivity index (χ0) is 11.8. The quantitative estimate of drug-likeness (QED) is 0.858. The smallest absolute Gasteiger partial charge is 0.0477 e. The van der Waals surface area contributed by atoms with E-state index < -0.39 is 0 Å². The van der Waals surface area contributed by atoms with E-state index in [1.807, 2.05) is 24.3 Å². The lowest BCUT2D eigenvalue weighted by atomic mass is 9.97. The minimum atomic E-state index is 0.112. The minimum Gasteiger partial charge on any atom is -0.396 e. The Morgan fingerprint density at radius 3 is 2.50 bits per heavy atom. The van der Waals surface area contributed by atoms with E-state index in [4.69, 9.17) is 11.6 Å². The van der Waals surface area contributed by atoms with Crippen LogP contribution in [0.3, 0.4) is 0 Å². The van der Waals surface area contributed by atoms with Gasteiger partial charge in [0, 0.05) is 35.3 Å². The van der Waals surface area contributed by atoms with Crippen molar-refractivity contribution in [3.63, 3.8) is 0 Å². The van der Waals surface area contributed by atoms with Crippen LogP contribution in [-0.2, 0) is 0 Å². The second-order valence-electron chi connectivity index (χ2n) is 5.15. The van der Waals surface area contributed by atoms with Crippen molar-refractivity contribution in [1.82, 2.24) is 0 Å². The normalized spacial score (nSPS) is 23.8. The summed E-state index contributed by atoms with van der Waals surface area (Å²) < 4.78 is 0. The van der Waals surface area contributed by atoms with Crippen LogP contribution in [-0.4, -0.2) is 23.8 Å². The number of aliphatic hydroxyl groups excluding tert-OH is 1. The number of nitrogens with zero attached hydrogens (tertiary/aromatic N) is 1.